The van der Waals surface area contributed by atoms with E-state index in [0.717, 1.165) is 15.3 Å². The van der Waals surface area contributed by atoms with Crippen LogP contribution >= 0.6 is 72.9 Å². The second-order valence-corrected chi connectivity index (χ2v) is 9.80. The number of hydrogen-bond acceptors (Lipinski definition) is 7. The van der Waals surface area contributed by atoms with Crippen molar-refractivity contribution >= 4 is 102 Å². The minimum Gasteiger partial charge on any atom is -0.506 e. The molecule has 1 aliphatic rings. The zero-order valence-electron chi connectivity index (χ0n) is 14.1. The second kappa shape index (κ2) is 9.53. The van der Waals surface area contributed by atoms with Crippen molar-refractivity contribution < 1.29 is 14.8 Å². The van der Waals surface area contributed by atoms with Crippen LogP contribution in [0.5, 0.6) is 5.75 Å². The molecule has 2 aromatic rings. The van der Waals surface area contributed by atoms with Crippen molar-refractivity contribution in [1.29, 1.82) is 0 Å². The summed E-state index contributed by atoms with van der Waals surface area (Å²) in [6, 6.07) is 8.17. The van der Waals surface area contributed by atoms with Crippen LogP contribution in [0.1, 0.15) is 11.1 Å². The maximum absolute atomic E-state index is 12.1. The first-order valence-electron chi connectivity index (χ1n) is 7.68. The predicted molar refractivity (Wildman–Crippen MR) is 133 cm³/mol. The van der Waals surface area contributed by atoms with Gasteiger partial charge in [0.2, 0.25) is 0 Å². The largest absolute Gasteiger partial charge is 0.506 e. The summed E-state index contributed by atoms with van der Waals surface area (Å²) in [4.78, 5) is 23.0. The average Bonchev–Trinajstić information content (AvgIpc) is 2.99. The summed E-state index contributed by atoms with van der Waals surface area (Å²) < 4.78 is 2.00. The van der Waals surface area contributed by atoms with Crippen molar-refractivity contribution in [3.05, 3.63) is 68.1 Å². The Hall–Kier alpha value is -1.52. The highest BCUT2D eigenvalue weighted by atomic mass is 127. The molecular weight excluding hydrogens is 690 g/mol. The summed E-state index contributed by atoms with van der Waals surface area (Å²) in [6.07, 6.45) is 2.94. The van der Waals surface area contributed by atoms with E-state index in [9.17, 15) is 20.0 Å². The molecule has 12 heteroatoms. The van der Waals surface area contributed by atoms with E-state index in [0.29, 0.717) is 24.1 Å². The lowest BCUT2D eigenvalue weighted by molar-refractivity contribution is -0.385. The van der Waals surface area contributed by atoms with Crippen molar-refractivity contribution in [1.82, 2.24) is 5.32 Å². The highest BCUT2D eigenvalue weighted by Crippen LogP contribution is 2.30. The Bertz CT molecular complexity index is 1120. The number of rotatable bonds is 4. The lowest BCUT2D eigenvalue weighted by Gasteiger charge is -2.01. The van der Waals surface area contributed by atoms with Crippen LogP contribution in [0.15, 0.2) is 49.9 Å². The number of benzene rings is 2. The fourth-order valence-corrected chi connectivity index (χ4v) is 5.27. The molecule has 1 aliphatic heterocycles. The molecule has 29 heavy (non-hydrogen) atoms. The maximum Gasteiger partial charge on any atom is 0.284 e. The number of halogens is 3. The Kier molecular flexibility index (Phi) is 7.28. The molecule has 0 saturated carbocycles. The number of nitrogens with zero attached hydrogens (tertiary/aromatic N) is 3. The molecule has 1 fully saturated rings. The van der Waals surface area contributed by atoms with Crippen LogP contribution in [0.3, 0.4) is 0 Å². The number of phenols is 1. The third-order valence-electron chi connectivity index (χ3n) is 3.52. The highest BCUT2D eigenvalue weighted by molar-refractivity contribution is 14.1. The monoisotopic (exact) mass is 698 g/mol. The van der Waals surface area contributed by atoms with E-state index >= 15 is 0 Å². The molecule has 8 nitrogen and oxygen atoms in total. The van der Waals surface area contributed by atoms with E-state index in [1.165, 1.54) is 12.3 Å². The van der Waals surface area contributed by atoms with E-state index in [1.54, 1.807) is 24.3 Å². The normalized spacial score (nSPS) is 16.7. The third kappa shape index (κ3) is 5.55. The molecule has 3 rings (SSSR count). The van der Waals surface area contributed by atoms with E-state index in [1.807, 2.05) is 28.7 Å². The molecule has 1 saturated heterocycles. The molecule has 1 amide bonds. The third-order valence-corrected chi connectivity index (χ3v) is 6.53. The van der Waals surface area contributed by atoms with Gasteiger partial charge in [-0.2, -0.15) is 5.10 Å². The molecule has 2 N–H and O–H groups in total. The number of nitro groups is 1. The van der Waals surface area contributed by atoms with Crippen molar-refractivity contribution in [3.8, 4) is 5.75 Å². The van der Waals surface area contributed by atoms with Crippen LogP contribution in [-0.4, -0.2) is 27.3 Å². The maximum atomic E-state index is 12.1. The quantitative estimate of drug-likeness (QED) is 0.156. The molecule has 0 unspecified atom stereocenters. The minimum absolute atomic E-state index is 0.0896. The zero-order valence-corrected chi connectivity index (χ0v) is 20.8. The minimum atomic E-state index is -0.503. The molecule has 2 aromatic carbocycles. The van der Waals surface area contributed by atoms with Gasteiger partial charge in [0, 0.05) is 15.2 Å². The molecule has 0 spiro atoms. The topological polar surface area (TPSA) is 117 Å². The number of aromatic hydroxyl groups is 1. The molecule has 148 valence electrons. The smallest absolute Gasteiger partial charge is 0.284 e. The molecule has 0 bridgehead atoms. The standard InChI is InChI=1S/C17H9BrI2N4O4S/c18-11-2-1-8(3-13(11)24(27)28)4-14-16(26)22-17(29-14)23-21-7-9-5-10(19)6-12(20)15(9)25/h1-7,25H,(H,22,23,26). The SMILES string of the molecule is O=C1N/C(=N/N=Cc2cc(I)cc(I)c2O)SC1=Cc1ccc(Br)c([N+](=O)[O-])c1. The van der Waals surface area contributed by atoms with Crippen LogP contribution in [0.4, 0.5) is 5.69 Å². The fraction of sp³-hybridized carbons (Fsp3) is 0. The molecule has 0 radical (unpaired) electrons. The Balaban J connectivity index is 1.79. The number of amides is 1. The summed E-state index contributed by atoms with van der Waals surface area (Å²) in [7, 11) is 0. The first-order chi connectivity index (χ1) is 13.7. The Morgan fingerprint density at radius 2 is 2.03 bits per heavy atom. The van der Waals surface area contributed by atoms with Gasteiger partial charge < -0.3 is 5.11 Å². The number of nitro benzene ring substituents is 1. The number of amidine groups is 1. The molecule has 1 heterocycles. The first kappa shape index (κ1) is 22.2. The Morgan fingerprint density at radius 1 is 1.28 bits per heavy atom. The Labute approximate surface area is 204 Å². The molecular formula is C17H9BrI2N4O4S. The number of hydrogen-bond donors (Lipinski definition) is 2. The van der Waals surface area contributed by atoms with Crippen LogP contribution in [0.25, 0.3) is 6.08 Å². The molecule has 0 aliphatic carbocycles. The van der Waals surface area contributed by atoms with Gasteiger partial charge in [0.25, 0.3) is 11.6 Å². The van der Waals surface area contributed by atoms with Crippen LogP contribution in [0, 0.1) is 17.3 Å². The predicted octanol–water partition coefficient (Wildman–Crippen LogP) is 4.87. The van der Waals surface area contributed by atoms with Crippen molar-refractivity contribution in [2.45, 2.75) is 0 Å². The number of carbonyl (C=O) groups is 1. The van der Waals surface area contributed by atoms with Crippen LogP contribution < -0.4 is 5.32 Å². The number of thioether (sulfide) groups is 1. The van der Waals surface area contributed by atoms with Crippen LogP contribution in [0.2, 0.25) is 0 Å². The van der Waals surface area contributed by atoms with Gasteiger partial charge in [-0.15, -0.1) is 5.10 Å². The van der Waals surface area contributed by atoms with Gasteiger partial charge in [-0.3, -0.25) is 20.2 Å². The number of phenolic OH excluding ortho intramolecular Hbond substituents is 1. The lowest BCUT2D eigenvalue weighted by atomic mass is 10.2. The highest BCUT2D eigenvalue weighted by Gasteiger charge is 2.24. The van der Waals surface area contributed by atoms with Crippen LogP contribution in [-0.2, 0) is 4.79 Å². The Morgan fingerprint density at radius 3 is 2.76 bits per heavy atom. The molecule has 0 atom stereocenters. The number of nitrogens with one attached hydrogen (secondary N) is 1. The summed E-state index contributed by atoms with van der Waals surface area (Å²) in [6.45, 7) is 0. The summed E-state index contributed by atoms with van der Waals surface area (Å²) >= 11 is 8.35. The average molecular weight is 699 g/mol. The van der Waals surface area contributed by atoms with Gasteiger partial charge in [-0.1, -0.05) is 6.07 Å². The van der Waals surface area contributed by atoms with Crippen molar-refractivity contribution in [2.75, 3.05) is 0 Å². The van der Waals surface area contributed by atoms with Gasteiger partial charge in [-0.05, 0) is 103 Å². The van der Waals surface area contributed by atoms with Gasteiger partial charge in [0.05, 0.1) is 24.1 Å². The van der Waals surface area contributed by atoms with Gasteiger partial charge in [-0.25, -0.2) is 0 Å². The van der Waals surface area contributed by atoms with Crippen molar-refractivity contribution in [2.24, 2.45) is 10.2 Å². The summed E-state index contributed by atoms with van der Waals surface area (Å²) in [5, 5.41) is 31.8. The summed E-state index contributed by atoms with van der Waals surface area (Å²) in [5.74, 6) is -0.267. The van der Waals surface area contributed by atoms with Crippen molar-refractivity contribution in [3.63, 3.8) is 0 Å². The van der Waals surface area contributed by atoms with E-state index in [-0.39, 0.29) is 22.5 Å². The second-order valence-electron chi connectivity index (χ2n) is 5.51. The lowest BCUT2D eigenvalue weighted by Crippen LogP contribution is -2.19. The number of carbonyl (C=O) groups excluding carboxylic acids is 1. The van der Waals surface area contributed by atoms with E-state index in [2.05, 4.69) is 54.0 Å². The van der Waals surface area contributed by atoms with Gasteiger partial charge in [0.15, 0.2) is 5.17 Å². The zero-order chi connectivity index (χ0) is 21.1. The van der Waals surface area contributed by atoms with Gasteiger partial charge in [0.1, 0.15) is 5.75 Å². The molecule has 0 aromatic heterocycles. The summed E-state index contributed by atoms with van der Waals surface area (Å²) in [5.41, 5.74) is 0.937. The fourth-order valence-electron chi connectivity index (χ4n) is 2.21. The van der Waals surface area contributed by atoms with Gasteiger partial charge >= 0.3 is 0 Å². The first-order valence-corrected chi connectivity index (χ1v) is 11.4. The van der Waals surface area contributed by atoms with E-state index < -0.39 is 4.92 Å². The van der Waals surface area contributed by atoms with E-state index in [4.69, 9.17) is 0 Å².